The average Bonchev–Trinajstić information content (AvgIpc) is 2.80. The molecular formula is C18H14BrClF3NO2. The van der Waals surface area contributed by atoms with Crippen LogP contribution in [0, 0.1) is 0 Å². The number of hydrogen-bond acceptors (Lipinski definition) is 2. The Kier molecular flexibility index (Phi) is 4.96. The van der Waals surface area contributed by atoms with Crippen molar-refractivity contribution in [3.63, 3.8) is 0 Å². The Balaban J connectivity index is 2.13. The van der Waals surface area contributed by atoms with Gasteiger partial charge in [0.05, 0.1) is 11.4 Å². The Labute approximate surface area is 160 Å². The summed E-state index contributed by atoms with van der Waals surface area (Å²) in [6.45, 7) is 1.48. The van der Waals surface area contributed by atoms with Crippen molar-refractivity contribution in [1.29, 1.82) is 0 Å². The maximum absolute atomic E-state index is 13.9. The van der Waals surface area contributed by atoms with Crippen molar-refractivity contribution in [2.75, 3.05) is 0 Å². The average molecular weight is 449 g/mol. The van der Waals surface area contributed by atoms with Crippen LogP contribution in [0.5, 0.6) is 0 Å². The number of alkyl halides is 3. The number of benzene rings is 2. The first-order chi connectivity index (χ1) is 12.1. The lowest BCUT2D eigenvalue weighted by atomic mass is 9.82. The second-order valence-electron chi connectivity index (χ2n) is 6.13. The van der Waals surface area contributed by atoms with Gasteiger partial charge in [0.15, 0.2) is 5.58 Å². The van der Waals surface area contributed by atoms with E-state index < -0.39 is 23.8 Å². The minimum absolute atomic E-state index is 0.0193. The lowest BCUT2D eigenvalue weighted by molar-refractivity contribution is -0.154. The van der Waals surface area contributed by atoms with Gasteiger partial charge < -0.3 is 4.42 Å². The zero-order valence-corrected chi connectivity index (χ0v) is 16.1. The van der Waals surface area contributed by atoms with Crippen LogP contribution in [0.1, 0.15) is 29.9 Å². The summed E-state index contributed by atoms with van der Waals surface area (Å²) in [6, 6.07) is 8.92. The van der Waals surface area contributed by atoms with E-state index in [1.165, 1.54) is 36.7 Å². The lowest BCUT2D eigenvalue weighted by Crippen LogP contribution is -2.26. The summed E-state index contributed by atoms with van der Waals surface area (Å²) in [4.78, 5) is 11.6. The highest BCUT2D eigenvalue weighted by Gasteiger charge is 2.45. The van der Waals surface area contributed by atoms with Crippen LogP contribution in [0.15, 0.2) is 50.1 Å². The van der Waals surface area contributed by atoms with E-state index in [0.29, 0.717) is 15.6 Å². The molecule has 0 spiro atoms. The van der Waals surface area contributed by atoms with Gasteiger partial charge in [-0.2, -0.15) is 13.2 Å². The number of aromatic nitrogens is 1. The predicted octanol–water partition coefficient (Wildman–Crippen LogP) is 6.00. The van der Waals surface area contributed by atoms with E-state index in [4.69, 9.17) is 16.0 Å². The Morgan fingerprint density at radius 2 is 1.88 bits per heavy atom. The number of oxazole rings is 1. The molecule has 2 atom stereocenters. The molecule has 2 aromatic carbocycles. The van der Waals surface area contributed by atoms with Gasteiger partial charge >= 0.3 is 11.9 Å². The first-order valence-electron chi connectivity index (χ1n) is 7.70. The molecule has 3 rings (SSSR count). The predicted molar refractivity (Wildman–Crippen MR) is 97.8 cm³/mol. The van der Waals surface area contributed by atoms with Gasteiger partial charge in [-0.05, 0) is 41.3 Å². The van der Waals surface area contributed by atoms with E-state index in [1.54, 1.807) is 18.2 Å². The highest BCUT2D eigenvalue weighted by atomic mass is 79.9. The minimum Gasteiger partial charge on any atom is -0.408 e. The normalized spacial score (nSPS) is 14.6. The number of hydrogen-bond donors (Lipinski definition) is 0. The summed E-state index contributed by atoms with van der Waals surface area (Å²) in [7, 11) is 1.50. The summed E-state index contributed by atoms with van der Waals surface area (Å²) in [5.41, 5.74) is 0.977. The summed E-state index contributed by atoms with van der Waals surface area (Å²) in [5.74, 6) is -3.34. The molecule has 0 saturated heterocycles. The molecule has 3 aromatic rings. The highest BCUT2D eigenvalue weighted by molar-refractivity contribution is 9.10. The molecule has 8 heteroatoms. The summed E-state index contributed by atoms with van der Waals surface area (Å²) in [6.07, 6.45) is -4.50. The van der Waals surface area contributed by atoms with Crippen LogP contribution in [0.3, 0.4) is 0 Å². The first-order valence-corrected chi connectivity index (χ1v) is 8.88. The minimum atomic E-state index is -4.50. The van der Waals surface area contributed by atoms with Crippen molar-refractivity contribution in [1.82, 2.24) is 4.57 Å². The summed E-state index contributed by atoms with van der Waals surface area (Å²) >= 11 is 9.42. The van der Waals surface area contributed by atoms with E-state index in [9.17, 15) is 18.0 Å². The number of fused-ring (bicyclic) bond motifs is 1. The van der Waals surface area contributed by atoms with E-state index in [1.807, 2.05) is 0 Å². The van der Waals surface area contributed by atoms with Gasteiger partial charge in [-0.15, -0.1) is 0 Å². The highest BCUT2D eigenvalue weighted by Crippen LogP contribution is 2.46. The molecule has 0 fully saturated rings. The quantitative estimate of drug-likeness (QED) is 0.493. The van der Waals surface area contributed by atoms with E-state index in [2.05, 4.69) is 15.9 Å². The summed E-state index contributed by atoms with van der Waals surface area (Å²) < 4.78 is 48.6. The van der Waals surface area contributed by atoms with Crippen LogP contribution in [0.25, 0.3) is 11.1 Å². The van der Waals surface area contributed by atoms with Crippen molar-refractivity contribution < 1.29 is 17.6 Å². The molecule has 1 aromatic heterocycles. The molecule has 3 nitrogen and oxygen atoms in total. The van der Waals surface area contributed by atoms with Crippen LogP contribution in [-0.4, -0.2) is 10.7 Å². The fraction of sp³-hybridized carbons (Fsp3) is 0.278. The number of halogens is 5. The SMILES string of the molecule is CC(c1ccc(Br)cc1Cl)C(c1ccc2c(c1)oc(=O)n2C)C(F)(F)F. The van der Waals surface area contributed by atoms with Gasteiger partial charge in [0.2, 0.25) is 0 Å². The van der Waals surface area contributed by atoms with Crippen molar-refractivity contribution >= 4 is 38.6 Å². The van der Waals surface area contributed by atoms with Crippen LogP contribution >= 0.6 is 27.5 Å². The van der Waals surface area contributed by atoms with Gasteiger partial charge in [0, 0.05) is 16.5 Å². The number of nitrogens with zero attached hydrogens (tertiary/aromatic N) is 1. The standard InChI is InChI=1S/C18H14BrClF3NO2/c1-9(12-5-4-11(19)8-13(12)20)16(18(21,22)23)10-3-6-14-15(7-10)26-17(25)24(14)2/h3-9,16H,1-2H3. The molecule has 26 heavy (non-hydrogen) atoms. The molecule has 0 aliphatic rings. The zero-order chi connectivity index (χ0) is 19.2. The fourth-order valence-corrected chi connectivity index (χ4v) is 4.00. The Morgan fingerprint density at radius 3 is 2.50 bits per heavy atom. The molecule has 0 radical (unpaired) electrons. The molecule has 0 aliphatic heterocycles. The van der Waals surface area contributed by atoms with Gasteiger partial charge in [0.1, 0.15) is 0 Å². The topological polar surface area (TPSA) is 35.1 Å². The molecule has 1 heterocycles. The molecule has 0 aliphatic carbocycles. The van der Waals surface area contributed by atoms with Crippen molar-refractivity contribution in [2.45, 2.75) is 24.9 Å². The Hall–Kier alpha value is -1.73. The maximum atomic E-state index is 13.9. The Bertz CT molecular complexity index is 1030. The lowest BCUT2D eigenvalue weighted by Gasteiger charge is -2.28. The van der Waals surface area contributed by atoms with Gasteiger partial charge in [-0.25, -0.2) is 4.79 Å². The third-order valence-corrected chi connectivity index (χ3v) is 5.30. The third kappa shape index (κ3) is 3.42. The third-order valence-electron chi connectivity index (χ3n) is 4.48. The van der Waals surface area contributed by atoms with E-state index in [-0.39, 0.29) is 16.2 Å². The molecule has 138 valence electrons. The van der Waals surface area contributed by atoms with Crippen LogP contribution in [0.4, 0.5) is 13.2 Å². The van der Waals surface area contributed by atoms with E-state index >= 15 is 0 Å². The smallest absolute Gasteiger partial charge is 0.408 e. The number of aryl methyl sites for hydroxylation is 1. The van der Waals surface area contributed by atoms with Crippen molar-refractivity contribution in [2.24, 2.45) is 7.05 Å². The van der Waals surface area contributed by atoms with Crippen LogP contribution in [-0.2, 0) is 7.05 Å². The van der Waals surface area contributed by atoms with Crippen LogP contribution < -0.4 is 5.76 Å². The zero-order valence-electron chi connectivity index (χ0n) is 13.8. The maximum Gasteiger partial charge on any atom is 0.419 e. The monoisotopic (exact) mass is 447 g/mol. The molecule has 0 N–H and O–H groups in total. The van der Waals surface area contributed by atoms with Gasteiger partial charge in [-0.1, -0.05) is 46.6 Å². The molecule has 2 unspecified atom stereocenters. The van der Waals surface area contributed by atoms with Gasteiger partial charge in [-0.3, -0.25) is 4.57 Å². The largest absolute Gasteiger partial charge is 0.419 e. The van der Waals surface area contributed by atoms with Crippen molar-refractivity contribution in [3.8, 4) is 0 Å². The molecule has 0 bridgehead atoms. The van der Waals surface area contributed by atoms with Crippen molar-refractivity contribution in [3.05, 3.63) is 67.6 Å². The Morgan fingerprint density at radius 1 is 1.19 bits per heavy atom. The molecular weight excluding hydrogens is 435 g/mol. The van der Waals surface area contributed by atoms with E-state index in [0.717, 1.165) is 0 Å². The van der Waals surface area contributed by atoms with Crippen LogP contribution in [0.2, 0.25) is 5.02 Å². The first kappa shape index (κ1) is 19.0. The molecule has 0 saturated carbocycles. The second-order valence-corrected chi connectivity index (χ2v) is 7.45. The second kappa shape index (κ2) is 6.78. The summed E-state index contributed by atoms with van der Waals surface area (Å²) in [5, 5.41) is 0.258. The molecule has 0 amide bonds. The number of rotatable bonds is 3. The van der Waals surface area contributed by atoms with Gasteiger partial charge in [0.25, 0.3) is 0 Å². The fourth-order valence-electron chi connectivity index (χ4n) is 3.16.